The van der Waals surface area contributed by atoms with Crippen molar-refractivity contribution in [1.29, 1.82) is 0 Å². The zero-order valence-electron chi connectivity index (χ0n) is 48.1. The molecule has 448 valence electrons. The van der Waals surface area contributed by atoms with Crippen LogP contribution in [-0.2, 0) is 23.7 Å². The van der Waals surface area contributed by atoms with E-state index in [1.165, 1.54) is 77.0 Å². The fourth-order valence-corrected chi connectivity index (χ4v) is 9.39. The quantitative estimate of drug-likeness (QED) is 0.0204. The zero-order valence-corrected chi connectivity index (χ0v) is 48.1. The summed E-state index contributed by atoms with van der Waals surface area (Å²) in [5.74, 6) is -0.255. The molecular formula is C64H109NO13. The van der Waals surface area contributed by atoms with Gasteiger partial charge in [-0.05, 0) is 77.0 Å². The third kappa shape index (κ3) is 33.6. The minimum atomic E-state index is -1.79. The molecule has 12 atom stereocenters. The molecule has 2 aliphatic heterocycles. The van der Waals surface area contributed by atoms with E-state index in [0.29, 0.717) is 6.42 Å². The lowest BCUT2D eigenvalue weighted by molar-refractivity contribution is -0.359. The second-order valence-corrected chi connectivity index (χ2v) is 21.1. The molecule has 0 spiro atoms. The van der Waals surface area contributed by atoms with Crippen molar-refractivity contribution in [2.75, 3.05) is 19.8 Å². The Bertz CT molecular complexity index is 1680. The minimum absolute atomic E-state index is 0.255. The number of amides is 1. The highest BCUT2D eigenvalue weighted by Gasteiger charge is 2.51. The highest BCUT2D eigenvalue weighted by Crippen LogP contribution is 2.30. The van der Waals surface area contributed by atoms with Crippen LogP contribution in [0.3, 0.4) is 0 Å². The molecule has 0 aliphatic carbocycles. The van der Waals surface area contributed by atoms with Crippen molar-refractivity contribution in [3.63, 3.8) is 0 Å². The number of ether oxygens (including phenoxy) is 4. The van der Waals surface area contributed by atoms with Gasteiger partial charge in [0.15, 0.2) is 12.6 Å². The molecule has 0 aromatic carbocycles. The Labute approximate surface area is 471 Å². The van der Waals surface area contributed by atoms with Gasteiger partial charge < -0.3 is 65.1 Å². The van der Waals surface area contributed by atoms with Crippen LogP contribution in [0.25, 0.3) is 0 Å². The largest absolute Gasteiger partial charge is 0.394 e. The Morgan fingerprint density at radius 1 is 0.474 bits per heavy atom. The normalized spacial score (nSPS) is 25.3. The Balaban J connectivity index is 1.74. The van der Waals surface area contributed by atoms with E-state index in [-0.39, 0.29) is 18.9 Å². The Kier molecular flexibility index (Phi) is 44.3. The molecule has 0 saturated carbocycles. The number of carbonyl (C=O) groups excluding carboxylic acids is 1. The monoisotopic (exact) mass is 1100 g/mol. The molecule has 14 heteroatoms. The summed E-state index contributed by atoms with van der Waals surface area (Å²) in [6.45, 7) is 2.66. The van der Waals surface area contributed by atoms with Crippen LogP contribution in [0.1, 0.15) is 206 Å². The van der Waals surface area contributed by atoms with Crippen molar-refractivity contribution in [1.82, 2.24) is 5.32 Å². The maximum atomic E-state index is 13.3. The number of hydrogen-bond acceptors (Lipinski definition) is 13. The lowest BCUT2D eigenvalue weighted by atomic mass is 9.97. The van der Waals surface area contributed by atoms with Gasteiger partial charge in [0.1, 0.15) is 48.8 Å². The van der Waals surface area contributed by atoms with Gasteiger partial charge in [-0.2, -0.15) is 0 Å². The molecule has 2 fully saturated rings. The first-order valence-electron chi connectivity index (χ1n) is 30.5. The zero-order chi connectivity index (χ0) is 56.7. The molecular weight excluding hydrogens is 991 g/mol. The molecule has 12 unspecified atom stereocenters. The van der Waals surface area contributed by atoms with E-state index in [0.717, 1.165) is 103 Å². The van der Waals surface area contributed by atoms with Gasteiger partial charge in [-0.15, -0.1) is 0 Å². The van der Waals surface area contributed by atoms with Crippen molar-refractivity contribution < 1.29 is 64.6 Å². The van der Waals surface area contributed by atoms with Crippen LogP contribution in [-0.4, -0.2) is 140 Å². The number of aliphatic hydroxyl groups excluding tert-OH is 8. The molecule has 0 bridgehead atoms. The fraction of sp³-hybridized carbons (Fsp3) is 0.734. The average molecular weight is 1100 g/mol. The molecule has 1 amide bonds. The highest BCUT2D eigenvalue weighted by atomic mass is 16.7. The number of nitrogens with one attached hydrogen (secondary N) is 1. The van der Waals surface area contributed by atoms with Crippen molar-refractivity contribution in [3.8, 4) is 0 Å². The van der Waals surface area contributed by atoms with E-state index in [1.807, 2.05) is 6.08 Å². The summed E-state index contributed by atoms with van der Waals surface area (Å²) >= 11 is 0. The molecule has 2 rings (SSSR count). The number of carbonyl (C=O) groups is 1. The van der Waals surface area contributed by atoms with Gasteiger partial charge in [0.05, 0.1) is 32.0 Å². The van der Waals surface area contributed by atoms with Crippen LogP contribution in [0.4, 0.5) is 0 Å². The van der Waals surface area contributed by atoms with E-state index in [2.05, 4.69) is 104 Å². The predicted molar refractivity (Wildman–Crippen MR) is 313 cm³/mol. The van der Waals surface area contributed by atoms with E-state index in [9.17, 15) is 45.6 Å². The van der Waals surface area contributed by atoms with Crippen LogP contribution >= 0.6 is 0 Å². The number of hydrogen-bond donors (Lipinski definition) is 9. The molecule has 0 aromatic rings. The maximum absolute atomic E-state index is 13.3. The SMILES string of the molecule is CC/C=C\C/C=C\C/C=C\C/C=C\C/C=C\C/C=C\C/C=C\CCCCCCCCCC(=O)NC(COC1OC(CO)C(OC2OC(CO)C(O)C(O)C2O)C(O)C1O)C(O)/C=C/CCCCCCCCCCCCCCC. The van der Waals surface area contributed by atoms with Gasteiger partial charge in [-0.3, -0.25) is 4.79 Å². The summed E-state index contributed by atoms with van der Waals surface area (Å²) in [5, 5.41) is 87.1. The van der Waals surface area contributed by atoms with Gasteiger partial charge in [0.25, 0.3) is 0 Å². The molecule has 0 radical (unpaired) electrons. The third-order valence-corrected chi connectivity index (χ3v) is 14.3. The summed E-state index contributed by atoms with van der Waals surface area (Å²) in [6, 6.07) is -0.927. The topological polar surface area (TPSA) is 228 Å². The summed E-state index contributed by atoms with van der Waals surface area (Å²) in [7, 11) is 0. The maximum Gasteiger partial charge on any atom is 0.220 e. The van der Waals surface area contributed by atoms with Crippen LogP contribution in [0, 0.1) is 0 Å². The van der Waals surface area contributed by atoms with E-state index >= 15 is 0 Å². The Hall–Kier alpha value is -3.09. The number of unbranched alkanes of at least 4 members (excludes halogenated alkanes) is 20. The van der Waals surface area contributed by atoms with Crippen LogP contribution < -0.4 is 5.32 Å². The smallest absolute Gasteiger partial charge is 0.220 e. The summed E-state index contributed by atoms with van der Waals surface area (Å²) < 4.78 is 22.8. The highest BCUT2D eigenvalue weighted by molar-refractivity contribution is 5.76. The number of rotatable bonds is 47. The third-order valence-electron chi connectivity index (χ3n) is 14.3. The first kappa shape index (κ1) is 71.0. The van der Waals surface area contributed by atoms with Crippen LogP contribution in [0.5, 0.6) is 0 Å². The average Bonchev–Trinajstić information content (AvgIpc) is 3.47. The molecule has 0 aromatic heterocycles. The van der Waals surface area contributed by atoms with Crippen molar-refractivity contribution >= 4 is 5.91 Å². The van der Waals surface area contributed by atoms with Gasteiger partial charge in [0.2, 0.25) is 5.91 Å². The first-order chi connectivity index (χ1) is 38.1. The lowest BCUT2D eigenvalue weighted by Gasteiger charge is -2.46. The molecule has 9 N–H and O–H groups in total. The van der Waals surface area contributed by atoms with Crippen molar-refractivity contribution in [3.05, 3.63) is 97.2 Å². The summed E-state index contributed by atoms with van der Waals surface area (Å²) in [6.07, 6.45) is 50.1. The van der Waals surface area contributed by atoms with Gasteiger partial charge in [-0.1, -0.05) is 220 Å². The van der Waals surface area contributed by atoms with Gasteiger partial charge in [0, 0.05) is 6.42 Å². The lowest BCUT2D eigenvalue weighted by Crippen LogP contribution is -2.65. The van der Waals surface area contributed by atoms with Gasteiger partial charge in [-0.25, -0.2) is 0 Å². The number of allylic oxidation sites excluding steroid dienone is 15. The fourth-order valence-electron chi connectivity index (χ4n) is 9.39. The first-order valence-corrected chi connectivity index (χ1v) is 30.5. The summed E-state index contributed by atoms with van der Waals surface area (Å²) in [5.41, 5.74) is 0. The molecule has 14 nitrogen and oxygen atoms in total. The Morgan fingerprint density at radius 2 is 0.885 bits per heavy atom. The second-order valence-electron chi connectivity index (χ2n) is 21.1. The molecule has 2 heterocycles. The van der Waals surface area contributed by atoms with Crippen molar-refractivity contribution in [2.45, 2.75) is 280 Å². The van der Waals surface area contributed by atoms with E-state index in [4.69, 9.17) is 18.9 Å². The minimum Gasteiger partial charge on any atom is -0.394 e. The van der Waals surface area contributed by atoms with Gasteiger partial charge >= 0.3 is 0 Å². The number of aliphatic hydroxyl groups is 8. The predicted octanol–water partition coefficient (Wildman–Crippen LogP) is 10.7. The summed E-state index contributed by atoms with van der Waals surface area (Å²) in [4.78, 5) is 13.3. The second kappa shape index (κ2) is 48.6. The van der Waals surface area contributed by atoms with Crippen LogP contribution in [0.2, 0.25) is 0 Å². The molecule has 78 heavy (non-hydrogen) atoms. The molecule has 2 saturated heterocycles. The van der Waals surface area contributed by atoms with E-state index < -0.39 is 86.8 Å². The Morgan fingerprint density at radius 3 is 1.36 bits per heavy atom. The van der Waals surface area contributed by atoms with Crippen molar-refractivity contribution in [2.24, 2.45) is 0 Å². The van der Waals surface area contributed by atoms with E-state index in [1.54, 1.807) is 6.08 Å². The standard InChI is InChI=1S/C64H109NO13/c1-3-5-7-9-11-13-15-17-19-20-21-22-23-24-25-26-27-28-29-30-31-32-34-36-38-40-42-44-46-48-56(69)65-52(53(68)47-45-43-41-39-37-35-33-18-16-14-12-10-8-6-4-2)51-75-63-61(74)59(72)62(55(50-67)77-63)78-64-60(73)58(71)57(70)54(49-66)76-64/h5,7,11,13,17,19,21-22,24-25,27-28,30-31,45,47,52-55,57-64,66-68,70-74H,3-4,6,8-10,12,14-16,18,20,23,26,29,32-44,46,48-51H2,1-2H3,(H,65,69)/b7-5-,13-11-,19-17-,22-21-,25-24-,28-27-,31-30-,47-45+. The van der Waals surface area contributed by atoms with Crippen LogP contribution in [0.15, 0.2) is 97.2 Å². The molecule has 2 aliphatic rings.